The van der Waals surface area contributed by atoms with E-state index in [0.29, 0.717) is 59.8 Å². The van der Waals surface area contributed by atoms with Crippen molar-refractivity contribution < 1.29 is 42.7 Å². The van der Waals surface area contributed by atoms with E-state index in [-0.39, 0.29) is 12.5 Å². The fraction of sp³-hybridized carbons (Fsp3) is 0.277. The van der Waals surface area contributed by atoms with Gasteiger partial charge in [-0.05, 0) is 86.8 Å². The van der Waals surface area contributed by atoms with Crippen LogP contribution in [0.15, 0.2) is 126 Å². The second-order valence-corrected chi connectivity index (χ2v) is 14.5. The molecule has 1 saturated heterocycles. The van der Waals surface area contributed by atoms with Crippen LogP contribution in [0.1, 0.15) is 70.3 Å². The molecule has 0 saturated carbocycles. The van der Waals surface area contributed by atoms with E-state index in [1.807, 2.05) is 43.3 Å². The maximum Gasteiger partial charge on any atom is 0.303 e. The van der Waals surface area contributed by atoms with E-state index in [0.717, 1.165) is 11.1 Å². The number of furan rings is 1. The molecule has 13 nitrogen and oxygen atoms in total. The zero-order valence-corrected chi connectivity index (χ0v) is 34.0. The summed E-state index contributed by atoms with van der Waals surface area (Å²) in [5.41, 5.74) is 3.66. The highest BCUT2D eigenvalue weighted by atomic mass is 16.6. The maximum atomic E-state index is 13.7. The minimum absolute atomic E-state index is 0.284. The SMILES string of the molecule is CCCN(C(=O)[C@@H](OC(C)=O)c1ccccc1)[C@@H](C)C(=O)Nc1ccc(-c2ccc(-c3ccc(NC(=O)[C@@H]4CCCN4C(=O)[C@@H](OC(C)=O)c4ccccc4)cc3)o2)cc1. The summed E-state index contributed by atoms with van der Waals surface area (Å²) in [5.74, 6) is -1.65. The summed E-state index contributed by atoms with van der Waals surface area (Å²) >= 11 is 0. The van der Waals surface area contributed by atoms with Gasteiger partial charge in [-0.15, -0.1) is 0 Å². The lowest BCUT2D eigenvalue weighted by Gasteiger charge is -2.31. The number of hydrogen-bond acceptors (Lipinski definition) is 9. The minimum atomic E-state index is -1.18. The molecule has 13 heteroatoms. The predicted molar refractivity (Wildman–Crippen MR) is 225 cm³/mol. The van der Waals surface area contributed by atoms with Crippen LogP contribution in [0.5, 0.6) is 0 Å². The van der Waals surface area contributed by atoms with Gasteiger partial charge in [0.2, 0.25) is 24.0 Å². The summed E-state index contributed by atoms with van der Waals surface area (Å²) in [4.78, 5) is 80.9. The van der Waals surface area contributed by atoms with Crippen LogP contribution in [0.25, 0.3) is 22.6 Å². The standard InChI is InChI=1S/C47H48N4O9/c1-5-28-50(46(56)42(58-31(3)52)35-13-8-6-9-14-35)30(2)44(54)48-37-22-18-33(19-23-37)40-26-27-41(60-40)34-20-24-38(25-21-34)49-45(55)39-17-12-29-51(39)47(57)43(59-32(4)53)36-15-10-7-11-16-36/h6-11,13-16,18-27,30,39,42-43H,5,12,17,28-29H2,1-4H3,(H,48,54)(H,49,55)/t30-,39-,42-,43-/m0/s1. The highest BCUT2D eigenvalue weighted by molar-refractivity contribution is 5.99. The predicted octanol–water partition coefficient (Wildman–Crippen LogP) is 7.72. The summed E-state index contributed by atoms with van der Waals surface area (Å²) in [5, 5.41) is 5.81. The number of likely N-dealkylation sites (tertiary alicyclic amines) is 1. The Morgan fingerprint density at radius 1 is 0.700 bits per heavy atom. The molecule has 0 unspecified atom stereocenters. The number of benzene rings is 4. The van der Waals surface area contributed by atoms with Crippen molar-refractivity contribution in [3.8, 4) is 22.6 Å². The van der Waals surface area contributed by atoms with Crippen molar-refractivity contribution in [1.29, 1.82) is 0 Å². The largest absolute Gasteiger partial charge is 0.456 e. The molecular weight excluding hydrogens is 765 g/mol. The molecular formula is C47H48N4O9. The third-order valence-corrected chi connectivity index (χ3v) is 10.1. The Morgan fingerprint density at radius 3 is 1.72 bits per heavy atom. The molecule has 1 fully saturated rings. The number of hydrogen-bond donors (Lipinski definition) is 2. The van der Waals surface area contributed by atoms with E-state index in [1.54, 1.807) is 91.9 Å². The number of anilines is 2. The van der Waals surface area contributed by atoms with Gasteiger partial charge in [0.15, 0.2) is 0 Å². The molecule has 0 radical (unpaired) electrons. The van der Waals surface area contributed by atoms with Crippen molar-refractivity contribution in [2.75, 3.05) is 23.7 Å². The van der Waals surface area contributed by atoms with Crippen molar-refractivity contribution in [3.63, 3.8) is 0 Å². The molecule has 4 atom stereocenters. The van der Waals surface area contributed by atoms with E-state index < -0.39 is 54.0 Å². The zero-order valence-electron chi connectivity index (χ0n) is 34.0. The molecule has 1 aromatic heterocycles. The third-order valence-electron chi connectivity index (χ3n) is 10.1. The Kier molecular flexibility index (Phi) is 13.9. The van der Waals surface area contributed by atoms with E-state index in [1.165, 1.54) is 23.6 Å². The van der Waals surface area contributed by atoms with Gasteiger partial charge in [-0.25, -0.2) is 0 Å². The number of amides is 4. The highest BCUT2D eigenvalue weighted by Crippen LogP contribution is 2.31. The first-order chi connectivity index (χ1) is 28.9. The second-order valence-electron chi connectivity index (χ2n) is 14.5. The lowest BCUT2D eigenvalue weighted by molar-refractivity contribution is -0.161. The number of carbonyl (C=O) groups excluding carboxylic acids is 6. The molecule has 2 N–H and O–H groups in total. The monoisotopic (exact) mass is 812 g/mol. The summed E-state index contributed by atoms with van der Waals surface area (Å²) < 4.78 is 17.0. The van der Waals surface area contributed by atoms with Crippen molar-refractivity contribution in [3.05, 3.63) is 132 Å². The van der Waals surface area contributed by atoms with Crippen molar-refractivity contribution in [1.82, 2.24) is 9.80 Å². The molecule has 310 valence electrons. The van der Waals surface area contributed by atoms with E-state index in [2.05, 4.69) is 10.6 Å². The lowest BCUT2D eigenvalue weighted by Crippen LogP contribution is -2.48. The summed E-state index contributed by atoms with van der Waals surface area (Å²) in [6.45, 7) is 6.69. The van der Waals surface area contributed by atoms with Crippen LogP contribution in [-0.2, 0) is 38.2 Å². The molecule has 1 aliphatic heterocycles. The minimum Gasteiger partial charge on any atom is -0.456 e. The van der Waals surface area contributed by atoms with Crippen LogP contribution in [-0.4, -0.2) is 70.5 Å². The molecule has 2 heterocycles. The average Bonchev–Trinajstić information content (AvgIpc) is 3.96. The van der Waals surface area contributed by atoms with Gasteiger partial charge in [0.1, 0.15) is 23.6 Å². The Morgan fingerprint density at radius 2 is 1.20 bits per heavy atom. The highest BCUT2D eigenvalue weighted by Gasteiger charge is 2.39. The van der Waals surface area contributed by atoms with Crippen molar-refractivity contribution >= 4 is 46.9 Å². The first-order valence-corrected chi connectivity index (χ1v) is 19.9. The average molecular weight is 813 g/mol. The molecule has 5 aromatic rings. The second kappa shape index (κ2) is 19.6. The van der Waals surface area contributed by atoms with Gasteiger partial charge in [-0.2, -0.15) is 0 Å². The molecule has 4 aromatic carbocycles. The summed E-state index contributed by atoms with van der Waals surface area (Å²) in [6.07, 6.45) is -0.614. The van der Waals surface area contributed by atoms with Gasteiger partial charge in [0.05, 0.1) is 0 Å². The summed E-state index contributed by atoms with van der Waals surface area (Å²) in [6, 6.07) is 33.8. The number of esters is 2. The van der Waals surface area contributed by atoms with Crippen molar-refractivity contribution in [2.24, 2.45) is 0 Å². The lowest BCUT2D eigenvalue weighted by atomic mass is 10.1. The smallest absolute Gasteiger partial charge is 0.303 e. The van der Waals surface area contributed by atoms with Crippen LogP contribution in [0, 0.1) is 0 Å². The first-order valence-electron chi connectivity index (χ1n) is 19.9. The van der Waals surface area contributed by atoms with E-state index >= 15 is 0 Å². The Balaban J connectivity index is 1.06. The molecule has 0 spiro atoms. The number of nitrogens with zero attached hydrogens (tertiary/aromatic N) is 2. The number of carbonyl (C=O) groups is 6. The van der Waals surface area contributed by atoms with Crippen LogP contribution in [0.3, 0.4) is 0 Å². The molecule has 0 bridgehead atoms. The van der Waals surface area contributed by atoms with Gasteiger partial charge in [0, 0.05) is 60.6 Å². The van der Waals surface area contributed by atoms with Gasteiger partial charge < -0.3 is 34.3 Å². The van der Waals surface area contributed by atoms with E-state index in [4.69, 9.17) is 13.9 Å². The van der Waals surface area contributed by atoms with Crippen LogP contribution in [0.2, 0.25) is 0 Å². The van der Waals surface area contributed by atoms with Gasteiger partial charge in [0.25, 0.3) is 11.8 Å². The number of nitrogens with one attached hydrogen (secondary N) is 2. The third kappa shape index (κ3) is 10.3. The molecule has 60 heavy (non-hydrogen) atoms. The fourth-order valence-corrected chi connectivity index (χ4v) is 7.15. The van der Waals surface area contributed by atoms with Crippen LogP contribution in [0.4, 0.5) is 11.4 Å². The van der Waals surface area contributed by atoms with Crippen LogP contribution >= 0.6 is 0 Å². The van der Waals surface area contributed by atoms with E-state index in [9.17, 15) is 28.8 Å². The topological polar surface area (TPSA) is 165 Å². The Hall–Kier alpha value is -7.02. The molecule has 1 aliphatic rings. The normalized spacial score (nSPS) is 14.9. The number of rotatable bonds is 15. The Labute approximate surface area is 348 Å². The summed E-state index contributed by atoms with van der Waals surface area (Å²) in [7, 11) is 0. The molecule has 6 rings (SSSR count). The van der Waals surface area contributed by atoms with Gasteiger partial charge in [-0.1, -0.05) is 67.6 Å². The quantitative estimate of drug-likeness (QED) is 0.101. The molecule has 0 aliphatic carbocycles. The fourth-order valence-electron chi connectivity index (χ4n) is 7.15. The first kappa shape index (κ1) is 42.6. The van der Waals surface area contributed by atoms with Crippen molar-refractivity contribution in [2.45, 2.75) is 71.2 Å². The molecule has 4 amide bonds. The zero-order chi connectivity index (χ0) is 42.8. The van der Waals surface area contributed by atoms with Gasteiger partial charge in [-0.3, -0.25) is 28.8 Å². The Bertz CT molecular complexity index is 2290. The van der Waals surface area contributed by atoms with Crippen LogP contribution < -0.4 is 10.6 Å². The van der Waals surface area contributed by atoms with Gasteiger partial charge >= 0.3 is 11.9 Å². The number of ether oxygens (including phenoxy) is 2. The maximum absolute atomic E-state index is 13.7.